The van der Waals surface area contributed by atoms with Gasteiger partial charge in [-0.25, -0.2) is 18.4 Å². The number of nitrogens with zero attached hydrogens (tertiary/aromatic N) is 6. The van der Waals surface area contributed by atoms with Crippen LogP contribution in [0.1, 0.15) is 49.8 Å². The van der Waals surface area contributed by atoms with E-state index in [2.05, 4.69) is 39.4 Å². The SMILES string of the molecule is CN1CCC(c2ccc(Nc3ncc4cc(-c5nccn5C)c(=O)n(C5Cc6ccccc6S(=O)(=O)C5(C)C)c4n3)cc2)CC1. The second-order valence-electron chi connectivity index (χ2n) is 12.8. The molecule has 1 unspecified atom stereocenters. The van der Waals surface area contributed by atoms with Crippen LogP contribution in [0.15, 0.2) is 82.9 Å². The zero-order chi connectivity index (χ0) is 31.5. The molecule has 0 bridgehead atoms. The average Bonchev–Trinajstić information content (AvgIpc) is 3.45. The third-order valence-corrected chi connectivity index (χ3v) is 12.3. The van der Waals surface area contributed by atoms with Gasteiger partial charge in [-0.1, -0.05) is 30.3 Å². The summed E-state index contributed by atoms with van der Waals surface area (Å²) in [6.07, 6.45) is 7.73. The van der Waals surface area contributed by atoms with Crippen LogP contribution in [0.3, 0.4) is 0 Å². The van der Waals surface area contributed by atoms with E-state index in [-0.39, 0.29) is 5.56 Å². The Bertz CT molecular complexity index is 2080. The van der Waals surface area contributed by atoms with Crippen LogP contribution in [0.4, 0.5) is 11.6 Å². The molecule has 5 heterocycles. The first-order valence-electron chi connectivity index (χ1n) is 15.3. The molecule has 5 aromatic rings. The number of anilines is 2. The van der Waals surface area contributed by atoms with Crippen molar-refractivity contribution in [3.05, 3.63) is 94.7 Å². The number of piperidine rings is 1. The topological polar surface area (TPSA) is 115 Å². The minimum atomic E-state index is -3.80. The van der Waals surface area contributed by atoms with Crippen molar-refractivity contribution in [1.29, 1.82) is 0 Å². The zero-order valence-electron chi connectivity index (χ0n) is 25.9. The Morgan fingerprint density at radius 1 is 0.978 bits per heavy atom. The predicted molar refractivity (Wildman–Crippen MR) is 176 cm³/mol. The molecule has 0 radical (unpaired) electrons. The maximum atomic E-state index is 14.5. The van der Waals surface area contributed by atoms with E-state index >= 15 is 0 Å². The summed E-state index contributed by atoms with van der Waals surface area (Å²) >= 11 is 0. The average molecular weight is 624 g/mol. The number of likely N-dealkylation sites (tertiary alicyclic amines) is 1. The second kappa shape index (κ2) is 10.9. The Morgan fingerprint density at radius 3 is 2.42 bits per heavy atom. The summed E-state index contributed by atoms with van der Waals surface area (Å²) in [7, 11) is 0.193. The minimum absolute atomic E-state index is 0.310. The number of imidazole rings is 1. The number of aromatic nitrogens is 5. The third-order valence-electron chi connectivity index (χ3n) is 9.67. The number of hydrogen-bond acceptors (Lipinski definition) is 8. The highest BCUT2D eigenvalue weighted by molar-refractivity contribution is 7.93. The zero-order valence-corrected chi connectivity index (χ0v) is 26.8. The molecule has 1 atom stereocenters. The first kappa shape index (κ1) is 29.4. The summed E-state index contributed by atoms with van der Waals surface area (Å²) in [5.41, 5.74) is 3.21. The summed E-state index contributed by atoms with van der Waals surface area (Å²) in [5, 5.41) is 3.92. The molecule has 1 fully saturated rings. The number of benzene rings is 2. The molecule has 2 aromatic carbocycles. The highest BCUT2D eigenvalue weighted by Gasteiger charge is 2.49. The molecule has 7 rings (SSSR count). The standard InChI is InChI=1S/C34H37N7O3S/c1-34(2)29(20-24-7-5-6-8-28(24)45(34,43)44)41-30-25(19-27(32(41)42)31-35-15-18-40(31)4)21-36-33(38-30)37-26-11-9-22(10-12-26)23-13-16-39(3)17-14-23/h5-12,15,18-19,21,23,29H,13-14,16-17,20H2,1-4H3,(H,36,37,38). The van der Waals surface area contributed by atoms with E-state index in [1.807, 2.05) is 31.3 Å². The number of sulfone groups is 1. The van der Waals surface area contributed by atoms with Gasteiger partial charge in [-0.2, -0.15) is 4.98 Å². The largest absolute Gasteiger partial charge is 0.334 e. The van der Waals surface area contributed by atoms with Crippen LogP contribution >= 0.6 is 0 Å². The number of fused-ring (bicyclic) bond motifs is 2. The lowest BCUT2D eigenvalue weighted by molar-refractivity contribution is 0.255. The van der Waals surface area contributed by atoms with Crippen LogP contribution in [0.5, 0.6) is 0 Å². The molecule has 11 heteroatoms. The minimum Gasteiger partial charge on any atom is -0.334 e. The Hall–Kier alpha value is -4.35. The quantitative estimate of drug-likeness (QED) is 0.288. The number of nitrogens with one attached hydrogen (secondary N) is 1. The van der Waals surface area contributed by atoms with Gasteiger partial charge in [0.25, 0.3) is 5.56 Å². The molecule has 0 spiro atoms. The van der Waals surface area contributed by atoms with Crippen LogP contribution in [0.2, 0.25) is 0 Å². The van der Waals surface area contributed by atoms with E-state index in [0.29, 0.717) is 51.2 Å². The van der Waals surface area contributed by atoms with Gasteiger partial charge < -0.3 is 14.8 Å². The summed E-state index contributed by atoms with van der Waals surface area (Å²) in [4.78, 5) is 31.0. The molecular weight excluding hydrogens is 586 g/mol. The molecule has 0 amide bonds. The van der Waals surface area contributed by atoms with Crippen molar-refractivity contribution >= 4 is 32.5 Å². The molecule has 10 nitrogen and oxygen atoms in total. The lowest BCUT2D eigenvalue weighted by Crippen LogP contribution is -2.49. The summed E-state index contributed by atoms with van der Waals surface area (Å²) < 4.78 is 30.1. The van der Waals surface area contributed by atoms with Crippen LogP contribution in [-0.4, -0.2) is 62.3 Å². The van der Waals surface area contributed by atoms with Crippen molar-refractivity contribution in [3.63, 3.8) is 0 Å². The normalized spacial score (nSPS) is 19.8. The van der Waals surface area contributed by atoms with E-state index < -0.39 is 20.6 Å². The summed E-state index contributed by atoms with van der Waals surface area (Å²) in [6.45, 7) is 5.59. The summed E-state index contributed by atoms with van der Waals surface area (Å²) in [6, 6.07) is 16.4. The van der Waals surface area contributed by atoms with Crippen LogP contribution < -0.4 is 10.9 Å². The van der Waals surface area contributed by atoms with Crippen molar-refractivity contribution in [2.45, 2.75) is 54.7 Å². The van der Waals surface area contributed by atoms with E-state index in [1.54, 1.807) is 59.8 Å². The van der Waals surface area contributed by atoms with Gasteiger partial charge in [-0.3, -0.25) is 9.36 Å². The number of hydrogen-bond donors (Lipinski definition) is 1. The molecule has 3 aromatic heterocycles. The van der Waals surface area contributed by atoms with Crippen molar-refractivity contribution in [2.24, 2.45) is 7.05 Å². The fraction of sp³-hybridized carbons (Fsp3) is 0.353. The maximum absolute atomic E-state index is 14.5. The Kier molecular flexibility index (Phi) is 7.13. The van der Waals surface area contributed by atoms with Gasteiger partial charge in [-0.15, -0.1) is 0 Å². The Balaban J connectivity index is 1.34. The molecule has 0 saturated carbocycles. The second-order valence-corrected chi connectivity index (χ2v) is 15.3. The van der Waals surface area contributed by atoms with Gasteiger partial charge in [0.05, 0.1) is 21.2 Å². The predicted octanol–water partition coefficient (Wildman–Crippen LogP) is 5.09. The number of rotatable bonds is 5. The lowest BCUT2D eigenvalue weighted by atomic mass is 9.89. The van der Waals surface area contributed by atoms with Crippen molar-refractivity contribution < 1.29 is 8.42 Å². The van der Waals surface area contributed by atoms with E-state index in [1.165, 1.54) is 5.56 Å². The van der Waals surface area contributed by atoms with Crippen LogP contribution in [0.25, 0.3) is 22.4 Å². The first-order valence-corrected chi connectivity index (χ1v) is 16.8. The Morgan fingerprint density at radius 2 is 1.71 bits per heavy atom. The highest BCUT2D eigenvalue weighted by Crippen LogP contribution is 2.44. The lowest BCUT2D eigenvalue weighted by Gasteiger charge is -2.40. The number of aryl methyl sites for hydroxylation is 1. The molecular formula is C34H37N7O3S. The van der Waals surface area contributed by atoms with E-state index in [4.69, 9.17) is 4.98 Å². The molecule has 2 aliphatic heterocycles. The van der Waals surface area contributed by atoms with Crippen LogP contribution in [-0.2, 0) is 23.3 Å². The van der Waals surface area contributed by atoms with Gasteiger partial charge in [0, 0.05) is 36.7 Å². The summed E-state index contributed by atoms with van der Waals surface area (Å²) in [5.74, 6) is 1.36. The fourth-order valence-corrected chi connectivity index (χ4v) is 8.69. The van der Waals surface area contributed by atoms with Gasteiger partial charge >= 0.3 is 0 Å². The molecule has 45 heavy (non-hydrogen) atoms. The molecule has 1 saturated heterocycles. The molecule has 1 N–H and O–H groups in total. The van der Waals surface area contributed by atoms with Crippen LogP contribution in [0, 0.1) is 0 Å². The van der Waals surface area contributed by atoms with E-state index in [0.717, 1.165) is 31.6 Å². The fourth-order valence-electron chi connectivity index (χ4n) is 6.82. The molecule has 2 aliphatic rings. The third kappa shape index (κ3) is 4.94. The van der Waals surface area contributed by atoms with Crippen molar-refractivity contribution in [2.75, 3.05) is 25.5 Å². The molecule has 0 aliphatic carbocycles. The number of pyridine rings is 1. The van der Waals surface area contributed by atoms with Gasteiger partial charge in [0.2, 0.25) is 5.95 Å². The molecule has 232 valence electrons. The van der Waals surface area contributed by atoms with Gasteiger partial charge in [0.1, 0.15) is 11.5 Å². The Labute approximate surface area is 262 Å². The van der Waals surface area contributed by atoms with Crippen molar-refractivity contribution in [3.8, 4) is 11.4 Å². The monoisotopic (exact) mass is 623 g/mol. The highest BCUT2D eigenvalue weighted by atomic mass is 32.2. The van der Waals surface area contributed by atoms with E-state index in [9.17, 15) is 13.2 Å². The first-order chi connectivity index (χ1) is 21.5. The van der Waals surface area contributed by atoms with Gasteiger partial charge in [0.15, 0.2) is 9.84 Å². The smallest absolute Gasteiger partial charge is 0.263 e. The van der Waals surface area contributed by atoms with Crippen molar-refractivity contribution in [1.82, 2.24) is 29.0 Å². The maximum Gasteiger partial charge on any atom is 0.263 e. The van der Waals surface area contributed by atoms with Gasteiger partial charge in [-0.05, 0) is 94.6 Å².